The summed E-state index contributed by atoms with van der Waals surface area (Å²) in [6.07, 6.45) is 2.04. The molecule has 1 heterocycles. The molecule has 1 aromatic rings. The van der Waals surface area contributed by atoms with E-state index in [0.717, 1.165) is 37.2 Å². The Bertz CT molecular complexity index is 428. The molecule has 4 nitrogen and oxygen atoms in total. The molecule has 2 rings (SSSR count). The van der Waals surface area contributed by atoms with Crippen molar-refractivity contribution < 1.29 is 9.53 Å². The van der Waals surface area contributed by atoms with Crippen LogP contribution in [0.1, 0.15) is 31.4 Å². The number of carbonyl (C=O) groups excluding carboxylic acids is 1. The first-order chi connectivity index (χ1) is 9.22. The van der Waals surface area contributed by atoms with Gasteiger partial charge in [-0.15, -0.1) is 0 Å². The number of amides is 1. The molecule has 1 aliphatic rings. The van der Waals surface area contributed by atoms with Crippen LogP contribution in [0.15, 0.2) is 24.3 Å². The molecule has 104 valence electrons. The van der Waals surface area contributed by atoms with E-state index < -0.39 is 0 Å². The van der Waals surface area contributed by atoms with Crippen LogP contribution in [0.5, 0.6) is 5.75 Å². The molecule has 1 amide bonds. The van der Waals surface area contributed by atoms with Crippen LogP contribution in [0.2, 0.25) is 0 Å². The highest BCUT2D eigenvalue weighted by molar-refractivity contribution is 5.79. The van der Waals surface area contributed by atoms with Gasteiger partial charge in [0.05, 0.1) is 19.1 Å². The minimum Gasteiger partial charge on any atom is -0.496 e. The maximum Gasteiger partial charge on any atom is 0.224 e. The molecule has 4 heteroatoms. The molecule has 1 fully saturated rings. The van der Waals surface area contributed by atoms with E-state index in [4.69, 9.17) is 4.74 Å². The lowest BCUT2D eigenvalue weighted by molar-refractivity contribution is -0.126. The van der Waals surface area contributed by atoms with Crippen molar-refractivity contribution in [3.63, 3.8) is 0 Å². The summed E-state index contributed by atoms with van der Waals surface area (Å²) in [5, 5.41) is 6.35. The van der Waals surface area contributed by atoms with Crippen LogP contribution < -0.4 is 15.4 Å². The summed E-state index contributed by atoms with van der Waals surface area (Å²) < 4.78 is 5.33. The average molecular weight is 262 g/mol. The summed E-state index contributed by atoms with van der Waals surface area (Å²) in [4.78, 5) is 12.2. The summed E-state index contributed by atoms with van der Waals surface area (Å²) in [6.45, 7) is 3.79. The van der Waals surface area contributed by atoms with Crippen LogP contribution >= 0.6 is 0 Å². The monoisotopic (exact) mass is 262 g/mol. The Hall–Kier alpha value is -1.55. The summed E-state index contributed by atoms with van der Waals surface area (Å²) in [6, 6.07) is 7.76. The maximum atomic E-state index is 12.2. The predicted molar refractivity (Wildman–Crippen MR) is 75.1 cm³/mol. The van der Waals surface area contributed by atoms with Crippen LogP contribution in [-0.4, -0.2) is 26.1 Å². The minimum absolute atomic E-state index is 0.0365. The van der Waals surface area contributed by atoms with Gasteiger partial charge in [-0.1, -0.05) is 18.2 Å². The third-order valence-electron chi connectivity index (χ3n) is 3.63. The molecular weight excluding hydrogens is 240 g/mol. The average Bonchev–Trinajstić information content (AvgIpc) is 2.48. The smallest absolute Gasteiger partial charge is 0.224 e. The quantitative estimate of drug-likeness (QED) is 0.871. The number of hydrogen-bond acceptors (Lipinski definition) is 3. The lowest BCUT2D eigenvalue weighted by atomic mass is 9.98. The van der Waals surface area contributed by atoms with E-state index in [-0.39, 0.29) is 17.9 Å². The van der Waals surface area contributed by atoms with Crippen LogP contribution in [0.3, 0.4) is 0 Å². The third-order valence-corrected chi connectivity index (χ3v) is 3.63. The number of carbonyl (C=O) groups is 1. The van der Waals surface area contributed by atoms with E-state index >= 15 is 0 Å². The van der Waals surface area contributed by atoms with Gasteiger partial charge < -0.3 is 15.4 Å². The van der Waals surface area contributed by atoms with Gasteiger partial charge in [-0.3, -0.25) is 4.79 Å². The van der Waals surface area contributed by atoms with Crippen LogP contribution in [-0.2, 0) is 4.79 Å². The van der Waals surface area contributed by atoms with Gasteiger partial charge in [0.15, 0.2) is 0 Å². The summed E-state index contributed by atoms with van der Waals surface area (Å²) >= 11 is 0. The second-order valence-corrected chi connectivity index (χ2v) is 5.02. The third kappa shape index (κ3) is 3.47. The van der Waals surface area contributed by atoms with Crippen LogP contribution in [0, 0.1) is 5.92 Å². The van der Waals surface area contributed by atoms with Gasteiger partial charge in [0, 0.05) is 12.1 Å². The van der Waals surface area contributed by atoms with Gasteiger partial charge >= 0.3 is 0 Å². The highest BCUT2D eigenvalue weighted by Gasteiger charge is 2.23. The minimum atomic E-state index is -0.0365. The highest BCUT2D eigenvalue weighted by Crippen LogP contribution is 2.24. The van der Waals surface area contributed by atoms with E-state index in [1.54, 1.807) is 7.11 Å². The first-order valence-corrected chi connectivity index (χ1v) is 6.86. The fourth-order valence-electron chi connectivity index (χ4n) is 2.51. The zero-order chi connectivity index (χ0) is 13.7. The van der Waals surface area contributed by atoms with Gasteiger partial charge in [0.2, 0.25) is 5.91 Å². The zero-order valence-corrected chi connectivity index (χ0v) is 11.6. The number of piperidine rings is 1. The molecule has 1 aliphatic heterocycles. The number of hydrogen-bond donors (Lipinski definition) is 2. The van der Waals surface area contributed by atoms with E-state index in [2.05, 4.69) is 10.6 Å². The van der Waals surface area contributed by atoms with Gasteiger partial charge in [-0.2, -0.15) is 0 Å². The molecule has 19 heavy (non-hydrogen) atoms. The van der Waals surface area contributed by atoms with Gasteiger partial charge in [-0.25, -0.2) is 0 Å². The number of rotatable bonds is 4. The van der Waals surface area contributed by atoms with Gasteiger partial charge in [-0.05, 0) is 32.4 Å². The lowest BCUT2D eigenvalue weighted by Gasteiger charge is -2.24. The van der Waals surface area contributed by atoms with Gasteiger partial charge in [0.1, 0.15) is 5.75 Å². The Morgan fingerprint density at radius 2 is 2.26 bits per heavy atom. The molecule has 0 unspecified atom stereocenters. The molecule has 0 spiro atoms. The highest BCUT2D eigenvalue weighted by atomic mass is 16.5. The summed E-state index contributed by atoms with van der Waals surface area (Å²) in [5.74, 6) is 1.04. The molecule has 0 saturated carbocycles. The second kappa shape index (κ2) is 6.57. The number of ether oxygens (including phenoxy) is 1. The van der Waals surface area contributed by atoms with Crippen LogP contribution in [0.4, 0.5) is 0 Å². The zero-order valence-electron chi connectivity index (χ0n) is 11.6. The van der Waals surface area contributed by atoms with E-state index in [1.807, 2.05) is 31.2 Å². The summed E-state index contributed by atoms with van der Waals surface area (Å²) in [7, 11) is 1.65. The SMILES string of the molecule is COc1ccccc1[C@@H](C)NC(=O)[C@@H]1CCCNC1. The van der Waals surface area contributed by atoms with Crippen molar-refractivity contribution in [2.45, 2.75) is 25.8 Å². The lowest BCUT2D eigenvalue weighted by Crippen LogP contribution is -2.41. The fourth-order valence-corrected chi connectivity index (χ4v) is 2.51. The molecule has 0 aliphatic carbocycles. The van der Waals surface area contributed by atoms with Crippen molar-refractivity contribution in [3.05, 3.63) is 29.8 Å². The Kier molecular flexibility index (Phi) is 4.80. The Labute approximate surface area is 114 Å². The van der Waals surface area contributed by atoms with Crippen molar-refractivity contribution in [1.29, 1.82) is 0 Å². The van der Waals surface area contributed by atoms with Crippen LogP contribution in [0.25, 0.3) is 0 Å². The van der Waals surface area contributed by atoms with Crippen molar-refractivity contribution >= 4 is 5.91 Å². The fraction of sp³-hybridized carbons (Fsp3) is 0.533. The Morgan fingerprint density at radius 3 is 2.95 bits per heavy atom. The first kappa shape index (κ1) is 13.9. The topological polar surface area (TPSA) is 50.4 Å². The van der Waals surface area contributed by atoms with E-state index in [1.165, 1.54) is 0 Å². The van der Waals surface area contributed by atoms with Crippen molar-refractivity contribution in [2.24, 2.45) is 5.92 Å². The number of methoxy groups -OCH3 is 1. The molecule has 2 N–H and O–H groups in total. The van der Waals surface area contributed by atoms with Crippen molar-refractivity contribution in [3.8, 4) is 5.75 Å². The molecule has 1 saturated heterocycles. The Balaban J connectivity index is 1.99. The normalized spacial score (nSPS) is 20.6. The van der Waals surface area contributed by atoms with E-state index in [9.17, 15) is 4.79 Å². The van der Waals surface area contributed by atoms with Gasteiger partial charge in [0.25, 0.3) is 0 Å². The standard InChI is InChI=1S/C15H22N2O2/c1-11(13-7-3-4-8-14(13)19-2)17-15(18)12-6-5-9-16-10-12/h3-4,7-8,11-12,16H,5-6,9-10H2,1-2H3,(H,17,18)/t11-,12-/m1/s1. The summed E-state index contributed by atoms with van der Waals surface area (Å²) in [5.41, 5.74) is 1.02. The molecule has 0 aromatic heterocycles. The molecule has 0 bridgehead atoms. The molecular formula is C15H22N2O2. The van der Waals surface area contributed by atoms with E-state index in [0.29, 0.717) is 0 Å². The largest absolute Gasteiger partial charge is 0.496 e. The number of para-hydroxylation sites is 1. The molecule has 2 atom stereocenters. The number of nitrogens with one attached hydrogen (secondary N) is 2. The molecule has 0 radical (unpaired) electrons. The second-order valence-electron chi connectivity index (χ2n) is 5.02. The van der Waals surface area contributed by atoms with Crippen molar-refractivity contribution in [2.75, 3.05) is 20.2 Å². The molecule has 1 aromatic carbocycles. The first-order valence-electron chi connectivity index (χ1n) is 6.86. The maximum absolute atomic E-state index is 12.2. The Morgan fingerprint density at radius 1 is 1.47 bits per heavy atom. The predicted octanol–water partition coefficient (Wildman–Crippen LogP) is 1.87. The number of benzene rings is 1. The van der Waals surface area contributed by atoms with Crippen molar-refractivity contribution in [1.82, 2.24) is 10.6 Å².